The third-order valence-electron chi connectivity index (χ3n) is 4.54. The summed E-state index contributed by atoms with van der Waals surface area (Å²) in [5, 5.41) is 9.81. The molecule has 3 rings (SSSR count). The quantitative estimate of drug-likeness (QED) is 0.759. The van der Waals surface area contributed by atoms with Gasteiger partial charge in [-0.1, -0.05) is 18.5 Å². The number of aromatic nitrogens is 1. The van der Waals surface area contributed by atoms with Gasteiger partial charge in [0.1, 0.15) is 16.4 Å². The minimum absolute atomic E-state index is 0.0244. The molecule has 0 aromatic carbocycles. The summed E-state index contributed by atoms with van der Waals surface area (Å²) in [7, 11) is 0. The number of carboxylic acid groups (broad SMARTS) is 1. The van der Waals surface area contributed by atoms with Crippen molar-refractivity contribution in [3.63, 3.8) is 0 Å². The van der Waals surface area contributed by atoms with E-state index < -0.39 is 12.1 Å². The summed E-state index contributed by atoms with van der Waals surface area (Å²) in [6.07, 6.45) is 1.22. The number of aromatic carboxylic acids is 1. The number of halogens is 1. The van der Waals surface area contributed by atoms with E-state index in [4.69, 9.17) is 25.5 Å². The lowest BCUT2D eigenvalue weighted by molar-refractivity contribution is 0.00466. The number of fused-ring (bicyclic) bond motifs is 1. The van der Waals surface area contributed by atoms with Gasteiger partial charge in [-0.3, -0.25) is 4.90 Å². The Morgan fingerprint density at radius 1 is 1.41 bits per heavy atom. The Labute approximate surface area is 161 Å². The number of furan rings is 1. The van der Waals surface area contributed by atoms with Gasteiger partial charge in [-0.2, -0.15) is 0 Å². The van der Waals surface area contributed by atoms with E-state index in [0.717, 1.165) is 6.42 Å². The van der Waals surface area contributed by atoms with Crippen LogP contribution in [0.2, 0.25) is 5.15 Å². The van der Waals surface area contributed by atoms with E-state index in [1.54, 1.807) is 6.92 Å². The molecular formula is C18H21ClN2O6. The van der Waals surface area contributed by atoms with Gasteiger partial charge in [0.15, 0.2) is 5.58 Å². The summed E-state index contributed by atoms with van der Waals surface area (Å²) >= 11 is 6.00. The number of hydrogen-bond acceptors (Lipinski definition) is 6. The predicted molar refractivity (Wildman–Crippen MR) is 98.5 cm³/mol. The number of ether oxygens (including phenoxy) is 2. The molecule has 2 aromatic rings. The van der Waals surface area contributed by atoms with Gasteiger partial charge in [0.2, 0.25) is 5.76 Å². The molecule has 1 aliphatic heterocycles. The van der Waals surface area contributed by atoms with Crippen molar-refractivity contribution in [3.8, 4) is 0 Å². The molecule has 3 heterocycles. The highest BCUT2D eigenvalue weighted by Gasteiger charge is 2.37. The lowest BCUT2D eigenvalue weighted by Crippen LogP contribution is -2.46. The van der Waals surface area contributed by atoms with Crippen molar-refractivity contribution in [1.29, 1.82) is 0 Å². The zero-order chi connectivity index (χ0) is 19.6. The topological polar surface area (TPSA) is 102 Å². The third-order valence-corrected chi connectivity index (χ3v) is 4.75. The van der Waals surface area contributed by atoms with Gasteiger partial charge in [-0.15, -0.1) is 0 Å². The van der Waals surface area contributed by atoms with Crippen molar-refractivity contribution in [2.24, 2.45) is 0 Å². The van der Waals surface area contributed by atoms with Gasteiger partial charge in [0.25, 0.3) is 0 Å². The van der Waals surface area contributed by atoms with Crippen LogP contribution in [-0.2, 0) is 9.47 Å². The average Bonchev–Trinajstić information content (AvgIpc) is 3.01. The van der Waals surface area contributed by atoms with Crippen molar-refractivity contribution >= 4 is 40.5 Å². The largest absolute Gasteiger partial charge is 0.475 e. The molecule has 1 aliphatic rings. The Bertz CT molecular complexity index is 852. The number of carboxylic acids is 1. The normalized spacial score (nSPS) is 19.8. The Morgan fingerprint density at radius 2 is 2.19 bits per heavy atom. The van der Waals surface area contributed by atoms with E-state index in [1.807, 2.05) is 6.92 Å². The van der Waals surface area contributed by atoms with Crippen molar-refractivity contribution in [3.05, 3.63) is 23.0 Å². The van der Waals surface area contributed by atoms with Crippen LogP contribution in [0.5, 0.6) is 0 Å². The molecule has 0 saturated carbocycles. The molecule has 146 valence electrons. The summed E-state index contributed by atoms with van der Waals surface area (Å²) < 4.78 is 16.4. The first-order chi connectivity index (χ1) is 13.0. The van der Waals surface area contributed by atoms with Crippen LogP contribution < -0.4 is 4.90 Å². The maximum Gasteiger partial charge on any atom is 0.414 e. The highest BCUT2D eigenvalue weighted by Crippen LogP contribution is 2.37. The first-order valence-electron chi connectivity index (χ1n) is 8.86. The van der Waals surface area contributed by atoms with E-state index in [0.29, 0.717) is 19.4 Å². The number of carbonyl (C=O) groups excluding carboxylic acids is 1. The molecule has 2 aromatic heterocycles. The summed E-state index contributed by atoms with van der Waals surface area (Å²) in [4.78, 5) is 30.2. The third kappa shape index (κ3) is 3.86. The fourth-order valence-corrected chi connectivity index (χ4v) is 3.45. The fraction of sp³-hybridized carbons (Fsp3) is 0.500. The van der Waals surface area contributed by atoms with Crippen LogP contribution in [0.4, 0.5) is 10.5 Å². The molecule has 0 bridgehead atoms. The molecule has 1 amide bonds. The molecule has 1 saturated heterocycles. The Morgan fingerprint density at radius 3 is 2.85 bits per heavy atom. The minimum atomic E-state index is -1.30. The number of nitrogens with zero attached hydrogens (tertiary/aromatic N) is 2. The number of hydrogen-bond donors (Lipinski definition) is 1. The van der Waals surface area contributed by atoms with Crippen molar-refractivity contribution in [2.75, 3.05) is 18.1 Å². The van der Waals surface area contributed by atoms with Gasteiger partial charge >= 0.3 is 12.1 Å². The summed E-state index contributed by atoms with van der Waals surface area (Å²) in [6, 6.07) is 2.73. The average molecular weight is 397 g/mol. The molecule has 0 aliphatic carbocycles. The summed E-state index contributed by atoms with van der Waals surface area (Å²) in [6.45, 7) is 4.31. The number of carbonyl (C=O) groups is 2. The van der Waals surface area contributed by atoms with Crippen molar-refractivity contribution < 1.29 is 28.6 Å². The van der Waals surface area contributed by atoms with E-state index in [1.165, 1.54) is 17.0 Å². The second kappa shape index (κ2) is 8.14. The van der Waals surface area contributed by atoms with E-state index >= 15 is 0 Å². The molecule has 0 spiro atoms. The van der Waals surface area contributed by atoms with Crippen molar-refractivity contribution in [2.45, 2.75) is 45.3 Å². The molecule has 0 radical (unpaired) electrons. The summed E-state index contributed by atoms with van der Waals surface area (Å²) in [5.74, 6) is -1.67. The van der Waals surface area contributed by atoms with Gasteiger partial charge in [0.05, 0.1) is 12.7 Å². The monoisotopic (exact) mass is 396 g/mol. The van der Waals surface area contributed by atoms with Crippen LogP contribution in [0.3, 0.4) is 0 Å². The lowest BCUT2D eigenvalue weighted by Gasteiger charge is -2.36. The van der Waals surface area contributed by atoms with Crippen LogP contribution in [0.1, 0.15) is 43.7 Å². The molecule has 0 unspecified atom stereocenters. The Balaban J connectivity index is 2.16. The van der Waals surface area contributed by atoms with Crippen LogP contribution in [0.25, 0.3) is 11.1 Å². The van der Waals surface area contributed by atoms with Gasteiger partial charge < -0.3 is 19.0 Å². The van der Waals surface area contributed by atoms with Gasteiger partial charge in [-0.25, -0.2) is 14.6 Å². The molecule has 1 N–H and O–H groups in total. The second-order valence-corrected chi connectivity index (χ2v) is 6.60. The van der Waals surface area contributed by atoms with Gasteiger partial charge in [-0.05, 0) is 38.3 Å². The van der Waals surface area contributed by atoms with Crippen LogP contribution in [0, 0.1) is 0 Å². The molecule has 27 heavy (non-hydrogen) atoms. The first-order valence-corrected chi connectivity index (χ1v) is 9.23. The smallest absolute Gasteiger partial charge is 0.414 e. The number of rotatable bonds is 5. The zero-order valence-electron chi connectivity index (χ0n) is 15.1. The highest BCUT2D eigenvalue weighted by atomic mass is 35.5. The van der Waals surface area contributed by atoms with Gasteiger partial charge in [0, 0.05) is 12.6 Å². The lowest BCUT2D eigenvalue weighted by atomic mass is 9.99. The highest BCUT2D eigenvalue weighted by molar-refractivity contribution is 6.30. The van der Waals surface area contributed by atoms with E-state index in [9.17, 15) is 14.7 Å². The zero-order valence-corrected chi connectivity index (χ0v) is 15.9. The van der Waals surface area contributed by atoms with E-state index in [2.05, 4.69) is 4.98 Å². The van der Waals surface area contributed by atoms with E-state index in [-0.39, 0.29) is 46.5 Å². The van der Waals surface area contributed by atoms with Crippen LogP contribution in [0.15, 0.2) is 16.5 Å². The SMILES string of the molecule is CCOC(=O)N(c1c(C(=O)O)oc2ccc(Cl)nc12)[C@H]1CCO[C@@H](CC)C1. The van der Waals surface area contributed by atoms with Crippen LogP contribution in [-0.4, -0.2) is 47.5 Å². The molecule has 8 nitrogen and oxygen atoms in total. The Hall–Kier alpha value is -2.32. The number of pyridine rings is 1. The Kier molecular flexibility index (Phi) is 5.86. The first kappa shape index (κ1) is 19.4. The number of amides is 1. The molecule has 9 heteroatoms. The minimum Gasteiger partial charge on any atom is -0.475 e. The standard InChI is InChI=1S/C18H21ClN2O6/c1-3-11-9-10(7-8-26-11)21(18(24)25-4-2)15-14-12(5-6-13(19)20-14)27-16(15)17(22)23/h5-6,10-11H,3-4,7-9H2,1-2H3,(H,22,23)/t10-,11-/m0/s1. The molecule has 2 atom stereocenters. The maximum atomic E-state index is 12.8. The number of anilines is 1. The maximum absolute atomic E-state index is 12.8. The molecular weight excluding hydrogens is 376 g/mol. The van der Waals surface area contributed by atoms with Crippen molar-refractivity contribution in [1.82, 2.24) is 4.98 Å². The fourth-order valence-electron chi connectivity index (χ4n) is 3.30. The predicted octanol–water partition coefficient (Wildman–Crippen LogP) is 4.10. The molecule has 1 fully saturated rings. The van der Waals surface area contributed by atoms with Crippen LogP contribution >= 0.6 is 11.6 Å². The summed E-state index contributed by atoms with van der Waals surface area (Å²) in [5.41, 5.74) is 0.521. The second-order valence-electron chi connectivity index (χ2n) is 6.21.